The molecular formula is C14H14BrNO3S. The molecule has 0 aliphatic carbocycles. The standard InChI is InChI=1S/C14H14BrNO3S/c1-16(7-9-5-13(15)20-8-9)14(18)11-6-10(19-2)3-4-12(11)17/h3-6,8,17H,7H2,1-2H3. The number of ether oxygens (including phenoxy) is 1. The Morgan fingerprint density at radius 1 is 1.45 bits per heavy atom. The second kappa shape index (κ2) is 6.28. The molecule has 1 heterocycles. The third kappa shape index (κ3) is 3.32. The molecule has 0 saturated carbocycles. The van der Waals surface area contributed by atoms with E-state index in [1.165, 1.54) is 19.2 Å². The van der Waals surface area contributed by atoms with Gasteiger partial charge in [-0.05, 0) is 51.1 Å². The Labute approximate surface area is 129 Å². The Bertz CT molecular complexity index is 627. The number of carbonyl (C=O) groups excluding carboxylic acids is 1. The zero-order chi connectivity index (χ0) is 14.7. The fourth-order valence-electron chi connectivity index (χ4n) is 1.79. The van der Waals surface area contributed by atoms with Crippen molar-refractivity contribution in [2.75, 3.05) is 14.2 Å². The minimum Gasteiger partial charge on any atom is -0.507 e. The van der Waals surface area contributed by atoms with Gasteiger partial charge in [0.15, 0.2) is 0 Å². The van der Waals surface area contributed by atoms with E-state index in [1.807, 2.05) is 11.4 Å². The number of phenols is 1. The number of amides is 1. The van der Waals surface area contributed by atoms with E-state index in [4.69, 9.17) is 4.74 Å². The van der Waals surface area contributed by atoms with Crippen LogP contribution in [-0.2, 0) is 6.54 Å². The summed E-state index contributed by atoms with van der Waals surface area (Å²) in [6.45, 7) is 0.484. The van der Waals surface area contributed by atoms with Crippen LogP contribution in [0.4, 0.5) is 0 Å². The molecule has 0 spiro atoms. The van der Waals surface area contributed by atoms with E-state index in [-0.39, 0.29) is 17.2 Å². The van der Waals surface area contributed by atoms with Crippen LogP contribution in [0.2, 0.25) is 0 Å². The number of thiophene rings is 1. The van der Waals surface area contributed by atoms with Crippen molar-refractivity contribution in [2.24, 2.45) is 0 Å². The Hall–Kier alpha value is -1.53. The first-order chi connectivity index (χ1) is 9.51. The van der Waals surface area contributed by atoms with Crippen molar-refractivity contribution in [1.82, 2.24) is 4.90 Å². The van der Waals surface area contributed by atoms with E-state index < -0.39 is 0 Å². The minimum atomic E-state index is -0.247. The van der Waals surface area contributed by atoms with Crippen LogP contribution in [0.1, 0.15) is 15.9 Å². The predicted octanol–water partition coefficient (Wildman–Crippen LogP) is 3.50. The highest BCUT2D eigenvalue weighted by atomic mass is 79.9. The second-order valence-corrected chi connectivity index (χ2v) is 6.59. The van der Waals surface area contributed by atoms with Gasteiger partial charge in [-0.2, -0.15) is 0 Å². The lowest BCUT2D eigenvalue weighted by Gasteiger charge is -2.17. The van der Waals surface area contributed by atoms with Gasteiger partial charge in [-0.15, -0.1) is 11.3 Å². The summed E-state index contributed by atoms with van der Waals surface area (Å²) in [7, 11) is 3.22. The SMILES string of the molecule is COc1ccc(O)c(C(=O)N(C)Cc2csc(Br)c2)c1. The predicted molar refractivity (Wildman–Crippen MR) is 82.5 cm³/mol. The van der Waals surface area contributed by atoms with E-state index in [0.717, 1.165) is 9.35 Å². The Kier molecular flexibility index (Phi) is 4.67. The molecule has 20 heavy (non-hydrogen) atoms. The lowest BCUT2D eigenvalue weighted by Crippen LogP contribution is -2.26. The Balaban J connectivity index is 2.17. The maximum Gasteiger partial charge on any atom is 0.257 e. The second-order valence-electron chi connectivity index (χ2n) is 4.30. The molecule has 1 aromatic heterocycles. The molecule has 0 bridgehead atoms. The Morgan fingerprint density at radius 2 is 2.20 bits per heavy atom. The minimum absolute atomic E-state index is 0.0471. The molecule has 0 unspecified atom stereocenters. The van der Waals surface area contributed by atoms with Crippen molar-refractivity contribution in [3.8, 4) is 11.5 Å². The van der Waals surface area contributed by atoms with Crippen LogP contribution < -0.4 is 4.74 Å². The van der Waals surface area contributed by atoms with Crippen LogP contribution in [0.3, 0.4) is 0 Å². The van der Waals surface area contributed by atoms with Gasteiger partial charge in [0.1, 0.15) is 11.5 Å². The molecule has 0 aliphatic heterocycles. The number of methoxy groups -OCH3 is 1. The number of rotatable bonds is 4. The van der Waals surface area contributed by atoms with Crippen molar-refractivity contribution >= 4 is 33.2 Å². The van der Waals surface area contributed by atoms with Crippen LogP contribution >= 0.6 is 27.3 Å². The summed E-state index contributed by atoms with van der Waals surface area (Å²) in [5.74, 6) is 0.246. The van der Waals surface area contributed by atoms with Gasteiger partial charge >= 0.3 is 0 Å². The van der Waals surface area contributed by atoms with Gasteiger partial charge in [-0.25, -0.2) is 0 Å². The van der Waals surface area contributed by atoms with Crippen LogP contribution in [0.15, 0.2) is 33.4 Å². The maximum atomic E-state index is 12.3. The third-order valence-electron chi connectivity index (χ3n) is 2.82. The highest BCUT2D eigenvalue weighted by Crippen LogP contribution is 2.25. The number of benzene rings is 1. The molecule has 1 N–H and O–H groups in total. The summed E-state index contributed by atoms with van der Waals surface area (Å²) < 4.78 is 6.10. The fraction of sp³-hybridized carbons (Fsp3) is 0.214. The quantitative estimate of drug-likeness (QED) is 0.912. The zero-order valence-corrected chi connectivity index (χ0v) is 13.5. The Morgan fingerprint density at radius 3 is 2.80 bits per heavy atom. The molecule has 2 aromatic rings. The molecule has 1 amide bonds. The molecule has 2 rings (SSSR count). The molecule has 106 valence electrons. The number of aromatic hydroxyl groups is 1. The number of hydrogen-bond acceptors (Lipinski definition) is 4. The number of hydrogen-bond donors (Lipinski definition) is 1. The van der Waals surface area contributed by atoms with Gasteiger partial charge in [-0.1, -0.05) is 0 Å². The van der Waals surface area contributed by atoms with Crippen LogP contribution in [-0.4, -0.2) is 30.1 Å². The summed E-state index contributed by atoms with van der Waals surface area (Å²) >= 11 is 4.97. The highest BCUT2D eigenvalue weighted by Gasteiger charge is 2.17. The summed E-state index contributed by atoms with van der Waals surface area (Å²) in [5, 5.41) is 11.8. The first-order valence-electron chi connectivity index (χ1n) is 5.86. The lowest BCUT2D eigenvalue weighted by molar-refractivity contribution is 0.0782. The monoisotopic (exact) mass is 355 g/mol. The van der Waals surface area contributed by atoms with Crippen molar-refractivity contribution in [2.45, 2.75) is 6.54 Å². The summed E-state index contributed by atoms with van der Waals surface area (Å²) in [5.41, 5.74) is 1.28. The van der Waals surface area contributed by atoms with Crippen LogP contribution in [0, 0.1) is 0 Å². The molecule has 0 saturated heterocycles. The number of nitrogens with zero attached hydrogens (tertiary/aromatic N) is 1. The van der Waals surface area contributed by atoms with Gasteiger partial charge in [0.05, 0.1) is 16.5 Å². The molecule has 1 aromatic carbocycles. The topological polar surface area (TPSA) is 49.8 Å². The fourth-order valence-corrected chi connectivity index (χ4v) is 2.99. The first kappa shape index (κ1) is 14.9. The van der Waals surface area contributed by atoms with Crippen molar-refractivity contribution in [1.29, 1.82) is 0 Å². The molecule has 0 radical (unpaired) electrons. The van der Waals surface area contributed by atoms with E-state index in [9.17, 15) is 9.90 Å². The highest BCUT2D eigenvalue weighted by molar-refractivity contribution is 9.11. The number of halogens is 1. The smallest absolute Gasteiger partial charge is 0.257 e. The first-order valence-corrected chi connectivity index (χ1v) is 7.54. The van der Waals surface area contributed by atoms with Gasteiger partial charge in [0, 0.05) is 13.6 Å². The lowest BCUT2D eigenvalue weighted by atomic mass is 10.1. The van der Waals surface area contributed by atoms with Crippen molar-refractivity contribution in [3.63, 3.8) is 0 Å². The average Bonchev–Trinajstić information content (AvgIpc) is 2.84. The normalized spacial score (nSPS) is 10.3. The van der Waals surface area contributed by atoms with E-state index in [2.05, 4.69) is 15.9 Å². The van der Waals surface area contributed by atoms with Crippen molar-refractivity contribution in [3.05, 3.63) is 44.6 Å². The molecule has 0 fully saturated rings. The van der Waals surface area contributed by atoms with Crippen molar-refractivity contribution < 1.29 is 14.6 Å². The molecule has 6 heteroatoms. The number of phenolic OH excluding ortho intramolecular Hbond substituents is 1. The number of carbonyl (C=O) groups is 1. The molecular weight excluding hydrogens is 342 g/mol. The largest absolute Gasteiger partial charge is 0.507 e. The van der Waals surface area contributed by atoms with E-state index in [0.29, 0.717) is 12.3 Å². The molecule has 0 aliphatic rings. The van der Waals surface area contributed by atoms with E-state index >= 15 is 0 Å². The van der Waals surface area contributed by atoms with Gasteiger partial charge in [-0.3, -0.25) is 4.79 Å². The molecule has 4 nitrogen and oxygen atoms in total. The maximum absolute atomic E-state index is 12.3. The van der Waals surface area contributed by atoms with Crippen LogP contribution in [0.25, 0.3) is 0 Å². The van der Waals surface area contributed by atoms with Crippen LogP contribution in [0.5, 0.6) is 11.5 Å². The van der Waals surface area contributed by atoms with Gasteiger partial charge < -0.3 is 14.7 Å². The van der Waals surface area contributed by atoms with E-state index in [1.54, 1.807) is 29.4 Å². The summed E-state index contributed by atoms with van der Waals surface area (Å²) in [6, 6.07) is 6.58. The summed E-state index contributed by atoms with van der Waals surface area (Å²) in [6.07, 6.45) is 0. The third-order valence-corrected chi connectivity index (χ3v) is 4.38. The van der Waals surface area contributed by atoms with Gasteiger partial charge in [0.25, 0.3) is 5.91 Å². The zero-order valence-electron chi connectivity index (χ0n) is 11.1. The molecule has 0 atom stereocenters. The summed E-state index contributed by atoms with van der Waals surface area (Å²) in [4.78, 5) is 13.9. The van der Waals surface area contributed by atoms with Gasteiger partial charge in [0.2, 0.25) is 0 Å². The average molecular weight is 356 g/mol.